The molecule has 6 fully saturated rings. The van der Waals surface area contributed by atoms with Crippen LogP contribution in [-0.2, 0) is 35.2 Å². The molecule has 124 heavy (non-hydrogen) atoms. The molecule has 6 unspecified atom stereocenters. The largest absolute Gasteiger partial charge is 0.461 e. The Bertz CT molecular complexity index is 5400. The lowest BCUT2D eigenvalue weighted by molar-refractivity contribution is -0.253. The number of urea groups is 1. The second-order valence-electron chi connectivity index (χ2n) is 34.6. The van der Waals surface area contributed by atoms with Gasteiger partial charge in [-0.1, -0.05) is 157 Å². The van der Waals surface area contributed by atoms with Crippen LogP contribution in [0.5, 0.6) is 5.75 Å². The summed E-state index contributed by atoms with van der Waals surface area (Å²) < 4.78 is 58.7. The molecule has 6 aromatic carbocycles. The highest BCUT2D eigenvalue weighted by Gasteiger charge is 2.48. The van der Waals surface area contributed by atoms with Gasteiger partial charge in [0, 0.05) is 129 Å². The first kappa shape index (κ1) is 89.9. The summed E-state index contributed by atoms with van der Waals surface area (Å²) >= 11 is 4.45. The van der Waals surface area contributed by atoms with Crippen LogP contribution in [-0.4, -0.2) is 200 Å². The summed E-state index contributed by atoms with van der Waals surface area (Å²) in [6, 6.07) is 47.1. The number of nitrogens with zero attached hydrogens (tertiary/aromatic N) is 9. The molecule has 30 heteroatoms. The third kappa shape index (κ3) is 21.4. The van der Waals surface area contributed by atoms with Crippen LogP contribution in [0.1, 0.15) is 184 Å². The molecule has 7 aliphatic heterocycles. The number of anilines is 1. The van der Waals surface area contributed by atoms with Crippen molar-refractivity contribution in [1.29, 1.82) is 0 Å². The highest BCUT2D eigenvalue weighted by molar-refractivity contribution is 8.01. The molecular formula is C94H117F4N13O10S3. The molecule has 6 atom stereocenters. The van der Waals surface area contributed by atoms with Crippen molar-refractivity contribution in [2.75, 3.05) is 70.8 Å². The van der Waals surface area contributed by atoms with Gasteiger partial charge in [-0.25, -0.2) is 9.59 Å². The maximum Gasteiger partial charge on any atom is 0.461 e. The van der Waals surface area contributed by atoms with E-state index in [-0.39, 0.29) is 116 Å². The van der Waals surface area contributed by atoms with Crippen LogP contribution in [0.25, 0.3) is 33.1 Å². The number of para-hydroxylation sites is 2. The van der Waals surface area contributed by atoms with Crippen molar-refractivity contribution in [3.8, 4) is 17.0 Å². The molecule has 9 aromatic rings. The maximum absolute atomic E-state index is 13.7. The predicted octanol–water partition coefficient (Wildman–Crippen LogP) is 17.7. The zero-order valence-electron chi connectivity index (χ0n) is 71.2. The summed E-state index contributed by atoms with van der Waals surface area (Å²) in [7, 11) is 0. The van der Waals surface area contributed by atoms with Gasteiger partial charge in [0.25, 0.3) is 5.56 Å². The minimum Gasteiger partial charge on any atom is -0.428 e. The smallest absolute Gasteiger partial charge is 0.428 e. The number of halogens is 4. The van der Waals surface area contributed by atoms with Crippen LogP contribution in [0.15, 0.2) is 174 Å². The lowest BCUT2D eigenvalue weighted by Gasteiger charge is -2.38. The molecule has 0 saturated carbocycles. The third-order valence-electron chi connectivity index (χ3n) is 24.6. The van der Waals surface area contributed by atoms with Crippen molar-refractivity contribution >= 4 is 104 Å². The first-order valence-electron chi connectivity index (χ1n) is 43.4. The molecule has 664 valence electrons. The minimum absolute atomic E-state index is 0. The number of H-pyrrole nitrogens is 3. The third-order valence-corrected chi connectivity index (χ3v) is 29.1. The zero-order chi connectivity index (χ0) is 87.6. The van der Waals surface area contributed by atoms with Crippen LogP contribution < -0.4 is 21.3 Å². The molecule has 0 bridgehead atoms. The Labute approximate surface area is 737 Å². The summed E-state index contributed by atoms with van der Waals surface area (Å²) in [6.45, 7) is 20.4. The number of rotatable bonds is 25. The Morgan fingerprint density at radius 3 is 1.60 bits per heavy atom. The number of carbonyl (C=O) groups is 7. The van der Waals surface area contributed by atoms with Gasteiger partial charge in [0.1, 0.15) is 21.9 Å². The average Bonchev–Trinajstić information content (AvgIpc) is 1.69. The van der Waals surface area contributed by atoms with Gasteiger partial charge in [-0.05, 0) is 170 Å². The van der Waals surface area contributed by atoms with Gasteiger partial charge in [-0.2, -0.15) is 22.7 Å². The number of thioether (sulfide) groups is 3. The topological polar surface area (TPSA) is 263 Å². The number of aromatic nitrogens is 5. The van der Waals surface area contributed by atoms with Gasteiger partial charge in [0.15, 0.2) is 0 Å². The quantitative estimate of drug-likeness (QED) is 0.0388. The van der Waals surface area contributed by atoms with Gasteiger partial charge in [-0.15, -0.1) is 35.3 Å². The van der Waals surface area contributed by atoms with E-state index in [1.165, 1.54) is 30.0 Å². The van der Waals surface area contributed by atoms with Gasteiger partial charge in [-0.3, -0.25) is 43.2 Å². The van der Waals surface area contributed by atoms with Crippen LogP contribution in [0.2, 0.25) is 0 Å². The molecule has 6 saturated heterocycles. The first-order valence-corrected chi connectivity index (χ1v) is 46.2. The molecule has 10 heterocycles. The van der Waals surface area contributed by atoms with Gasteiger partial charge >= 0.3 is 24.3 Å². The number of amides is 8. The standard InChI is InChI=1S/C32H38F4N4O4S.C32H38N6O3S.C30H35N3O3S.3H2/c1-20(2)10-16-40-28(42)26(45-29(40)22-7-5-8-24(18-22)44-32(35,36)30(33)34)19-27(41)38-14-12-23(13-15-38)39-17-11-21-6-3-4-9-25(21)37-31(39)43;1-20(2)9-14-37-30(40)27(42-31(37)23-15-21(3)29-24(16-23)18-33-35-29)17-28(39)36-12-10-25(11-13-36)38-19-26(34-32(38)41)22-7-5-4-6-8-22;1-20(2)12-17-33-29(36)26(37-30(33)22-8-4-3-5-9-22)19-27(34)32-15-13-21(14-16-32)24-18-23-10-6-7-11-25(23)31-28(24)35;;;/h3-9,18,20,23,26,29-30H,10-17,19H2,1-2H3,(H,37,43);4-8,15-16,18-20,25,27,31H,9-14,17H2,1-3H3,(H,33,35)(H,34,41);3-11,18,20-21,26,30H,12-17,19H2,1-2H3,(H,31,35);3*1H. The molecule has 16 rings (SSSR count). The lowest BCUT2D eigenvalue weighted by atomic mass is 9.89. The van der Waals surface area contributed by atoms with Crippen molar-refractivity contribution in [3.63, 3.8) is 0 Å². The van der Waals surface area contributed by atoms with E-state index in [4.69, 9.17) is 0 Å². The van der Waals surface area contributed by atoms with E-state index < -0.39 is 34.2 Å². The summed E-state index contributed by atoms with van der Waals surface area (Å²) in [5, 5.41) is 10.1. The van der Waals surface area contributed by atoms with Crippen LogP contribution in [0.4, 0.5) is 28.0 Å². The normalized spacial score (nSPS) is 20.7. The van der Waals surface area contributed by atoms with Gasteiger partial charge in [0.05, 0.1) is 33.2 Å². The number of nitrogens with one attached hydrogen (secondary N) is 4. The van der Waals surface area contributed by atoms with Crippen molar-refractivity contribution in [1.82, 2.24) is 59.0 Å². The molecular weight excluding hydrogens is 1640 g/mol. The summed E-state index contributed by atoms with van der Waals surface area (Å²) in [5.41, 5.74) is 9.92. The second kappa shape index (κ2) is 40.3. The van der Waals surface area contributed by atoms with E-state index in [0.717, 1.165) is 98.7 Å². The molecule has 7 aliphatic rings. The number of benzene rings is 6. The predicted molar refractivity (Wildman–Crippen MR) is 485 cm³/mol. The van der Waals surface area contributed by atoms with Crippen molar-refractivity contribution in [3.05, 3.63) is 218 Å². The monoisotopic (exact) mass is 1760 g/mol. The fraction of sp³-hybridized carbons (Fsp3) is 0.468. The number of imidazole rings is 1. The number of carbonyl (C=O) groups excluding carboxylic acids is 7. The molecule has 8 amide bonds. The van der Waals surface area contributed by atoms with Gasteiger partial charge < -0.3 is 54.3 Å². The van der Waals surface area contributed by atoms with Crippen LogP contribution in [0, 0.1) is 24.7 Å². The minimum atomic E-state index is -4.65. The van der Waals surface area contributed by atoms with Crippen LogP contribution in [0.3, 0.4) is 0 Å². The molecule has 4 N–H and O–H groups in total. The number of aromatic amines is 3. The maximum atomic E-state index is 13.7. The SMILES string of the molecule is CC(C)CCN1C(=O)C(CC(=O)N2CCC(N3CCc4ccccc4NC3=O)CC2)SC1c1cccc(OC(F)(F)C(F)F)c1.CC(C)CCN1C(=O)C(CC(=O)N2CCC(c3cc4ccccc4[nH]c3=O)CC2)SC1c1ccccc1.Cc1cc(C2SC(CC(=O)N3CCC(n4cc(-c5ccccc5)[nH]c4=O)CC3)C(=O)N2CCC(C)C)cc2cn[nH]c12.[HH].[HH].[HH]. The number of ether oxygens (including phenoxy) is 1. The Balaban J connectivity index is 0.000000183. The summed E-state index contributed by atoms with van der Waals surface area (Å²) in [5.74, 6) is 0.746. The number of hydrogen-bond acceptors (Lipinski definition) is 14. The van der Waals surface area contributed by atoms with Crippen molar-refractivity contribution < 1.29 is 60.1 Å². The Morgan fingerprint density at radius 2 is 1.04 bits per heavy atom. The zero-order valence-corrected chi connectivity index (χ0v) is 73.7. The summed E-state index contributed by atoms with van der Waals surface area (Å²) in [6.07, 6.45) is 2.91. The Morgan fingerprint density at radius 1 is 0.540 bits per heavy atom. The summed E-state index contributed by atoms with van der Waals surface area (Å²) in [4.78, 5) is 138. The number of aryl methyl sites for hydroxylation is 1. The second-order valence-corrected chi connectivity index (χ2v) is 38.5. The molecule has 3 aromatic heterocycles. The highest BCUT2D eigenvalue weighted by atomic mass is 32.2. The van der Waals surface area contributed by atoms with Crippen molar-refractivity contribution in [2.24, 2.45) is 17.8 Å². The van der Waals surface area contributed by atoms with E-state index in [2.05, 4.69) is 89.1 Å². The molecule has 0 spiro atoms. The molecule has 0 aliphatic carbocycles. The van der Waals surface area contributed by atoms with Gasteiger partial charge in [0.2, 0.25) is 35.4 Å². The number of likely N-dealkylation sites (tertiary alicyclic amines) is 3. The highest BCUT2D eigenvalue weighted by Crippen LogP contribution is 2.49. The van der Waals surface area contributed by atoms with E-state index in [9.17, 15) is 60.7 Å². The van der Waals surface area contributed by atoms with Crippen LogP contribution >= 0.6 is 35.3 Å². The number of fused-ring (bicyclic) bond motifs is 3. The lowest BCUT2D eigenvalue weighted by Crippen LogP contribution is -2.50. The van der Waals surface area contributed by atoms with E-state index in [0.29, 0.717) is 115 Å². The number of hydrogen-bond donors (Lipinski definition) is 4. The fourth-order valence-electron chi connectivity index (χ4n) is 17.6. The van der Waals surface area contributed by atoms with E-state index >= 15 is 0 Å². The van der Waals surface area contributed by atoms with Crippen molar-refractivity contribution in [2.45, 2.75) is 194 Å². The molecule has 23 nitrogen and oxygen atoms in total. The average molecular weight is 1760 g/mol. The Kier molecular flexibility index (Phi) is 29.2. The first-order chi connectivity index (χ1) is 59.6. The number of pyridine rings is 1. The fourth-order valence-corrected chi connectivity index (χ4v) is 21.9. The van der Waals surface area contributed by atoms with E-state index in [1.54, 1.807) is 44.0 Å². The molecule has 0 radical (unpaired) electrons. The Hall–Kier alpha value is -10.3. The number of piperidine rings is 3. The number of alkyl halides is 4. The van der Waals surface area contributed by atoms with E-state index in [1.807, 2.05) is 154 Å².